The van der Waals surface area contributed by atoms with E-state index in [0.717, 1.165) is 19.5 Å². The molecule has 0 aromatic heterocycles. The summed E-state index contributed by atoms with van der Waals surface area (Å²) >= 11 is 0. The van der Waals surface area contributed by atoms with E-state index in [9.17, 15) is 5.11 Å². The molecule has 0 aliphatic carbocycles. The molecule has 0 spiro atoms. The highest BCUT2D eigenvalue weighted by atomic mass is 16.3. The summed E-state index contributed by atoms with van der Waals surface area (Å²) < 4.78 is 0. The molecule has 1 rings (SSSR count). The van der Waals surface area contributed by atoms with Crippen LogP contribution in [0.25, 0.3) is 0 Å². The first kappa shape index (κ1) is 10.5. The lowest BCUT2D eigenvalue weighted by atomic mass is 9.95. The number of likely N-dealkylation sites (tertiary alicyclic amines) is 1. The molecule has 13 heavy (non-hydrogen) atoms. The van der Waals surface area contributed by atoms with Crippen LogP contribution in [0.5, 0.6) is 0 Å². The summed E-state index contributed by atoms with van der Waals surface area (Å²) in [6.45, 7) is 5.87. The Balaban J connectivity index is 2.41. The summed E-state index contributed by atoms with van der Waals surface area (Å²) in [5.41, 5.74) is 0. The van der Waals surface area contributed by atoms with Crippen molar-refractivity contribution in [1.29, 1.82) is 5.26 Å². The van der Waals surface area contributed by atoms with Gasteiger partial charge in [-0.25, -0.2) is 0 Å². The zero-order valence-electron chi connectivity index (χ0n) is 8.40. The van der Waals surface area contributed by atoms with Gasteiger partial charge in [-0.2, -0.15) is 5.26 Å². The van der Waals surface area contributed by atoms with Crippen molar-refractivity contribution in [3.8, 4) is 6.07 Å². The van der Waals surface area contributed by atoms with Gasteiger partial charge >= 0.3 is 0 Å². The van der Waals surface area contributed by atoms with Crippen molar-refractivity contribution in [2.45, 2.75) is 38.8 Å². The Labute approximate surface area is 80.0 Å². The predicted octanol–water partition coefficient (Wildman–Crippen LogP) is 0.991. The standard InChI is InChI=1S/C10H18N2O/c1-8-4-6-12(7-10(8)13)9(2)3-5-11/h8-10,13H,3-4,6-7H2,1-2H3. The maximum atomic E-state index is 9.64. The number of rotatable bonds is 2. The molecular weight excluding hydrogens is 164 g/mol. The maximum Gasteiger partial charge on any atom is 0.0693 e. The summed E-state index contributed by atoms with van der Waals surface area (Å²) in [4.78, 5) is 2.20. The molecular formula is C10H18N2O. The first-order chi connectivity index (χ1) is 6.15. The predicted molar refractivity (Wildman–Crippen MR) is 51.1 cm³/mol. The highest BCUT2D eigenvalue weighted by Gasteiger charge is 2.26. The summed E-state index contributed by atoms with van der Waals surface area (Å²) in [6, 6.07) is 2.45. The van der Waals surface area contributed by atoms with E-state index in [1.807, 2.05) is 6.92 Å². The molecule has 0 saturated carbocycles. The molecule has 1 saturated heterocycles. The summed E-state index contributed by atoms with van der Waals surface area (Å²) in [5, 5.41) is 18.2. The number of nitrogens with zero attached hydrogens (tertiary/aromatic N) is 2. The Morgan fingerprint density at radius 1 is 1.69 bits per heavy atom. The Bertz CT molecular complexity index is 200. The Kier molecular flexibility index (Phi) is 3.71. The molecule has 3 heteroatoms. The third-order valence-electron chi connectivity index (χ3n) is 2.96. The van der Waals surface area contributed by atoms with Gasteiger partial charge in [-0.3, -0.25) is 4.90 Å². The van der Waals surface area contributed by atoms with Crippen molar-refractivity contribution < 1.29 is 5.11 Å². The third kappa shape index (κ3) is 2.68. The first-order valence-electron chi connectivity index (χ1n) is 4.94. The van der Waals surface area contributed by atoms with Crippen molar-refractivity contribution in [1.82, 2.24) is 4.90 Å². The van der Waals surface area contributed by atoms with Gasteiger partial charge in [0.05, 0.1) is 18.6 Å². The van der Waals surface area contributed by atoms with Gasteiger partial charge < -0.3 is 5.11 Å². The van der Waals surface area contributed by atoms with Crippen LogP contribution in [0.3, 0.4) is 0 Å². The van der Waals surface area contributed by atoms with Crippen molar-refractivity contribution >= 4 is 0 Å². The molecule has 1 aliphatic rings. The van der Waals surface area contributed by atoms with Crippen molar-refractivity contribution in [2.24, 2.45) is 5.92 Å². The number of aliphatic hydroxyl groups is 1. The second-order valence-corrected chi connectivity index (χ2v) is 4.04. The number of hydrogen-bond acceptors (Lipinski definition) is 3. The number of aliphatic hydroxyl groups excluding tert-OH is 1. The van der Waals surface area contributed by atoms with Gasteiger partial charge in [0.25, 0.3) is 0 Å². The van der Waals surface area contributed by atoms with Gasteiger partial charge in [-0.05, 0) is 25.8 Å². The first-order valence-corrected chi connectivity index (χ1v) is 4.94. The summed E-state index contributed by atoms with van der Waals surface area (Å²) in [5.74, 6) is 0.408. The Hall–Kier alpha value is -0.590. The van der Waals surface area contributed by atoms with E-state index in [1.54, 1.807) is 0 Å². The van der Waals surface area contributed by atoms with Crippen LogP contribution in [-0.4, -0.2) is 35.2 Å². The lowest BCUT2D eigenvalue weighted by molar-refractivity contribution is 0.0141. The lowest BCUT2D eigenvalue weighted by Gasteiger charge is -2.37. The van der Waals surface area contributed by atoms with E-state index < -0.39 is 0 Å². The van der Waals surface area contributed by atoms with E-state index in [4.69, 9.17) is 5.26 Å². The van der Waals surface area contributed by atoms with Gasteiger partial charge in [-0.15, -0.1) is 0 Å². The summed E-state index contributed by atoms with van der Waals surface area (Å²) in [7, 11) is 0. The zero-order valence-corrected chi connectivity index (χ0v) is 8.40. The Morgan fingerprint density at radius 3 is 2.92 bits per heavy atom. The largest absolute Gasteiger partial charge is 0.392 e. The van der Waals surface area contributed by atoms with E-state index in [0.29, 0.717) is 12.3 Å². The molecule has 74 valence electrons. The minimum absolute atomic E-state index is 0.213. The highest BCUT2D eigenvalue weighted by Crippen LogP contribution is 2.19. The summed E-state index contributed by atoms with van der Waals surface area (Å²) in [6.07, 6.45) is 1.38. The molecule has 0 aromatic carbocycles. The van der Waals surface area contributed by atoms with Gasteiger partial charge in [0.15, 0.2) is 0 Å². The van der Waals surface area contributed by atoms with E-state index in [2.05, 4.69) is 17.9 Å². The Morgan fingerprint density at radius 2 is 2.38 bits per heavy atom. The van der Waals surface area contributed by atoms with Crippen LogP contribution in [0.4, 0.5) is 0 Å². The molecule has 0 aromatic rings. The van der Waals surface area contributed by atoms with Crippen LogP contribution < -0.4 is 0 Å². The fraction of sp³-hybridized carbons (Fsp3) is 0.900. The van der Waals surface area contributed by atoms with Crippen LogP contribution in [0.2, 0.25) is 0 Å². The van der Waals surface area contributed by atoms with Crippen molar-refractivity contribution in [2.75, 3.05) is 13.1 Å². The smallest absolute Gasteiger partial charge is 0.0693 e. The maximum absolute atomic E-state index is 9.64. The van der Waals surface area contributed by atoms with Gasteiger partial charge in [0.1, 0.15) is 0 Å². The molecule has 1 fully saturated rings. The molecule has 3 unspecified atom stereocenters. The monoisotopic (exact) mass is 182 g/mol. The lowest BCUT2D eigenvalue weighted by Crippen LogP contribution is -2.46. The van der Waals surface area contributed by atoms with Gasteiger partial charge in [-0.1, -0.05) is 6.92 Å². The van der Waals surface area contributed by atoms with Crippen molar-refractivity contribution in [3.05, 3.63) is 0 Å². The number of piperidine rings is 1. The fourth-order valence-corrected chi connectivity index (χ4v) is 1.73. The molecule has 3 nitrogen and oxygen atoms in total. The molecule has 0 radical (unpaired) electrons. The number of β-amino-alcohol motifs (C(OH)–C–C–N with tert-alkyl or cyclic N) is 1. The third-order valence-corrected chi connectivity index (χ3v) is 2.96. The van der Waals surface area contributed by atoms with Crippen LogP contribution in [0, 0.1) is 17.2 Å². The fourth-order valence-electron chi connectivity index (χ4n) is 1.73. The molecule has 0 bridgehead atoms. The second kappa shape index (κ2) is 4.59. The van der Waals surface area contributed by atoms with Crippen LogP contribution in [0.15, 0.2) is 0 Å². The van der Waals surface area contributed by atoms with E-state index in [-0.39, 0.29) is 12.1 Å². The van der Waals surface area contributed by atoms with Gasteiger partial charge in [0, 0.05) is 12.6 Å². The van der Waals surface area contributed by atoms with Crippen LogP contribution in [0.1, 0.15) is 26.7 Å². The normalized spacial score (nSPS) is 32.5. The van der Waals surface area contributed by atoms with Crippen LogP contribution in [-0.2, 0) is 0 Å². The molecule has 1 N–H and O–H groups in total. The number of hydrogen-bond donors (Lipinski definition) is 1. The second-order valence-electron chi connectivity index (χ2n) is 4.04. The average molecular weight is 182 g/mol. The topological polar surface area (TPSA) is 47.3 Å². The molecule has 3 atom stereocenters. The molecule has 0 amide bonds. The average Bonchev–Trinajstić information content (AvgIpc) is 2.10. The van der Waals surface area contributed by atoms with Crippen molar-refractivity contribution in [3.63, 3.8) is 0 Å². The molecule has 1 aliphatic heterocycles. The SMILES string of the molecule is CC1CCN(C(C)CC#N)CC1O. The van der Waals surface area contributed by atoms with Gasteiger partial charge in [0.2, 0.25) is 0 Å². The van der Waals surface area contributed by atoms with Crippen LogP contribution >= 0.6 is 0 Å². The molecule has 1 heterocycles. The highest BCUT2D eigenvalue weighted by molar-refractivity contribution is 4.85. The van der Waals surface area contributed by atoms with E-state index in [1.165, 1.54) is 0 Å². The minimum atomic E-state index is -0.213. The quantitative estimate of drug-likeness (QED) is 0.692. The minimum Gasteiger partial charge on any atom is -0.392 e. The van der Waals surface area contributed by atoms with E-state index >= 15 is 0 Å². The number of nitriles is 1. The zero-order chi connectivity index (χ0) is 9.84.